The summed E-state index contributed by atoms with van der Waals surface area (Å²) in [6.45, 7) is 10.2. The molecular weight excluding hydrogens is 346 g/mol. The Bertz CT molecular complexity index is 743. The lowest BCUT2D eigenvalue weighted by Gasteiger charge is -2.28. The molecule has 5 nitrogen and oxygen atoms in total. The van der Waals surface area contributed by atoms with Gasteiger partial charge in [0.2, 0.25) is 11.8 Å². The second-order valence-corrected chi connectivity index (χ2v) is 9.14. The maximum atomic E-state index is 12.5. The number of thioether (sulfide) groups is 1. The van der Waals surface area contributed by atoms with Crippen LogP contribution in [0.1, 0.15) is 52.5 Å². The molecule has 0 unspecified atom stereocenters. The normalized spacial score (nSPS) is 16.5. The van der Waals surface area contributed by atoms with Crippen LogP contribution in [0.25, 0.3) is 11.5 Å². The fourth-order valence-corrected chi connectivity index (χ4v) is 3.83. The first kappa shape index (κ1) is 19.0. The van der Waals surface area contributed by atoms with E-state index in [0.717, 1.165) is 31.5 Å². The summed E-state index contributed by atoms with van der Waals surface area (Å²) in [5, 5.41) is 8.47. The SMILES string of the molecule is C[C@H](Sc1nnc(-c2ccc(C(C)(C)C)cc2)o1)C(=O)N1CCCCC1. The average Bonchev–Trinajstić information content (AvgIpc) is 3.09. The van der Waals surface area contributed by atoms with Gasteiger partial charge in [-0.1, -0.05) is 44.7 Å². The molecule has 0 radical (unpaired) electrons. The van der Waals surface area contributed by atoms with E-state index in [1.54, 1.807) is 0 Å². The summed E-state index contributed by atoms with van der Waals surface area (Å²) >= 11 is 1.34. The van der Waals surface area contributed by atoms with E-state index in [-0.39, 0.29) is 16.6 Å². The minimum absolute atomic E-state index is 0.110. The highest BCUT2D eigenvalue weighted by atomic mass is 32.2. The second kappa shape index (κ2) is 7.82. The first-order valence-corrected chi connectivity index (χ1v) is 10.1. The van der Waals surface area contributed by atoms with E-state index in [0.29, 0.717) is 11.1 Å². The van der Waals surface area contributed by atoms with Gasteiger partial charge < -0.3 is 9.32 Å². The van der Waals surface area contributed by atoms with E-state index in [9.17, 15) is 4.79 Å². The molecule has 3 rings (SSSR count). The monoisotopic (exact) mass is 373 g/mol. The highest BCUT2D eigenvalue weighted by Crippen LogP contribution is 2.29. The maximum Gasteiger partial charge on any atom is 0.277 e. The molecule has 0 bridgehead atoms. The van der Waals surface area contributed by atoms with Crippen molar-refractivity contribution >= 4 is 17.7 Å². The number of carbonyl (C=O) groups excluding carboxylic acids is 1. The lowest BCUT2D eigenvalue weighted by atomic mass is 9.87. The molecule has 1 fully saturated rings. The van der Waals surface area contributed by atoms with Crippen molar-refractivity contribution in [3.05, 3.63) is 29.8 Å². The van der Waals surface area contributed by atoms with Gasteiger partial charge in [0, 0.05) is 18.7 Å². The van der Waals surface area contributed by atoms with Crippen LogP contribution in [0.4, 0.5) is 0 Å². The van der Waals surface area contributed by atoms with Crippen LogP contribution in [0.2, 0.25) is 0 Å². The maximum absolute atomic E-state index is 12.5. The van der Waals surface area contributed by atoms with E-state index in [4.69, 9.17) is 4.42 Å². The summed E-state index contributed by atoms with van der Waals surface area (Å²) in [6, 6.07) is 8.19. The van der Waals surface area contributed by atoms with Crippen molar-refractivity contribution in [2.75, 3.05) is 13.1 Å². The molecule has 1 aliphatic rings. The Balaban J connectivity index is 1.65. The summed E-state index contributed by atoms with van der Waals surface area (Å²) in [5.41, 5.74) is 2.27. The molecule has 2 aromatic rings. The number of aromatic nitrogens is 2. The zero-order valence-corrected chi connectivity index (χ0v) is 16.8. The molecule has 1 atom stereocenters. The fourth-order valence-electron chi connectivity index (χ4n) is 3.06. The molecule has 6 heteroatoms. The van der Waals surface area contributed by atoms with Gasteiger partial charge in [0.1, 0.15) is 0 Å². The van der Waals surface area contributed by atoms with Gasteiger partial charge in [-0.3, -0.25) is 4.79 Å². The predicted octanol–water partition coefficient (Wildman–Crippen LogP) is 4.53. The van der Waals surface area contributed by atoms with Gasteiger partial charge >= 0.3 is 0 Å². The Kier molecular flexibility index (Phi) is 5.70. The van der Waals surface area contributed by atoms with E-state index in [2.05, 4.69) is 43.1 Å². The number of carbonyl (C=O) groups is 1. The Hall–Kier alpha value is -1.82. The number of amides is 1. The molecule has 1 amide bonds. The summed E-state index contributed by atoms with van der Waals surface area (Å²) in [5.74, 6) is 0.648. The van der Waals surface area contributed by atoms with Gasteiger partial charge in [-0.2, -0.15) is 0 Å². The quantitative estimate of drug-likeness (QED) is 0.737. The third-order valence-corrected chi connectivity index (χ3v) is 5.62. The van der Waals surface area contributed by atoms with Crippen molar-refractivity contribution < 1.29 is 9.21 Å². The zero-order chi connectivity index (χ0) is 18.7. The number of hydrogen-bond acceptors (Lipinski definition) is 5. The van der Waals surface area contributed by atoms with Gasteiger partial charge in [-0.25, -0.2) is 0 Å². The molecule has 0 spiro atoms. The number of piperidine rings is 1. The topological polar surface area (TPSA) is 59.2 Å². The minimum atomic E-state index is -0.218. The van der Waals surface area contributed by atoms with Crippen molar-refractivity contribution in [1.29, 1.82) is 0 Å². The van der Waals surface area contributed by atoms with Crippen LogP contribution in [0, 0.1) is 0 Å². The number of likely N-dealkylation sites (tertiary alicyclic amines) is 1. The van der Waals surface area contributed by atoms with Crippen molar-refractivity contribution in [3.8, 4) is 11.5 Å². The van der Waals surface area contributed by atoms with Gasteiger partial charge in [-0.05, 0) is 49.3 Å². The first-order valence-electron chi connectivity index (χ1n) is 9.24. The number of nitrogens with zero attached hydrogens (tertiary/aromatic N) is 3. The minimum Gasteiger partial charge on any atom is -0.411 e. The number of benzene rings is 1. The molecule has 1 aliphatic heterocycles. The van der Waals surface area contributed by atoms with E-state index >= 15 is 0 Å². The van der Waals surface area contributed by atoms with Crippen LogP contribution in [0.3, 0.4) is 0 Å². The largest absolute Gasteiger partial charge is 0.411 e. The third kappa shape index (κ3) is 4.47. The smallest absolute Gasteiger partial charge is 0.277 e. The molecule has 140 valence electrons. The fraction of sp³-hybridized carbons (Fsp3) is 0.550. The Morgan fingerprint density at radius 1 is 1.12 bits per heavy atom. The molecule has 1 saturated heterocycles. The van der Waals surface area contributed by atoms with Crippen LogP contribution < -0.4 is 0 Å². The Morgan fingerprint density at radius 2 is 1.77 bits per heavy atom. The van der Waals surface area contributed by atoms with Gasteiger partial charge in [0.05, 0.1) is 5.25 Å². The average molecular weight is 374 g/mol. The van der Waals surface area contributed by atoms with Crippen LogP contribution in [0.15, 0.2) is 33.9 Å². The Labute approximate surface area is 159 Å². The number of hydrogen-bond donors (Lipinski definition) is 0. The van der Waals surface area contributed by atoms with Crippen molar-refractivity contribution in [3.63, 3.8) is 0 Å². The van der Waals surface area contributed by atoms with Gasteiger partial charge in [0.25, 0.3) is 5.22 Å². The summed E-state index contributed by atoms with van der Waals surface area (Å²) < 4.78 is 5.77. The highest BCUT2D eigenvalue weighted by Gasteiger charge is 2.25. The predicted molar refractivity (Wildman–Crippen MR) is 104 cm³/mol. The molecule has 2 heterocycles. The molecule has 0 saturated carbocycles. The van der Waals surface area contributed by atoms with Crippen LogP contribution in [-0.2, 0) is 10.2 Å². The second-order valence-electron chi connectivity index (χ2n) is 7.85. The molecule has 1 aromatic heterocycles. The van der Waals surface area contributed by atoms with Crippen molar-refractivity contribution in [2.24, 2.45) is 0 Å². The van der Waals surface area contributed by atoms with E-state index < -0.39 is 0 Å². The van der Waals surface area contributed by atoms with E-state index in [1.165, 1.54) is 23.7 Å². The van der Waals surface area contributed by atoms with Gasteiger partial charge in [0.15, 0.2) is 0 Å². The lowest BCUT2D eigenvalue weighted by molar-refractivity contribution is -0.131. The van der Waals surface area contributed by atoms with Gasteiger partial charge in [-0.15, -0.1) is 10.2 Å². The third-order valence-electron chi connectivity index (χ3n) is 4.70. The molecule has 26 heavy (non-hydrogen) atoms. The van der Waals surface area contributed by atoms with Crippen LogP contribution in [-0.4, -0.2) is 39.3 Å². The van der Waals surface area contributed by atoms with Crippen molar-refractivity contribution in [1.82, 2.24) is 15.1 Å². The lowest BCUT2D eigenvalue weighted by Crippen LogP contribution is -2.40. The van der Waals surface area contributed by atoms with Crippen molar-refractivity contribution in [2.45, 2.75) is 62.8 Å². The summed E-state index contributed by atoms with van der Waals surface area (Å²) in [4.78, 5) is 14.5. The van der Waals surface area contributed by atoms with Crippen LogP contribution >= 0.6 is 11.8 Å². The first-order chi connectivity index (χ1) is 12.3. The molecule has 1 aromatic carbocycles. The highest BCUT2D eigenvalue weighted by molar-refractivity contribution is 8.00. The summed E-state index contributed by atoms with van der Waals surface area (Å²) in [6.07, 6.45) is 3.41. The van der Waals surface area contributed by atoms with E-state index in [1.807, 2.05) is 24.0 Å². The summed E-state index contributed by atoms with van der Waals surface area (Å²) in [7, 11) is 0. The molecule has 0 N–H and O–H groups in total. The zero-order valence-electron chi connectivity index (χ0n) is 16.0. The standard InChI is InChI=1S/C20H27N3O2S/c1-14(18(24)23-12-6-5-7-13-23)26-19-22-21-17(25-19)15-8-10-16(11-9-15)20(2,3)4/h8-11,14H,5-7,12-13H2,1-4H3/t14-/m0/s1. The Morgan fingerprint density at radius 3 is 2.38 bits per heavy atom. The van der Waals surface area contributed by atoms with Crippen LogP contribution in [0.5, 0.6) is 0 Å². The number of rotatable bonds is 4. The molecular formula is C20H27N3O2S. The molecule has 0 aliphatic carbocycles.